The Bertz CT molecular complexity index is 566. The van der Waals surface area contributed by atoms with Crippen molar-refractivity contribution in [3.8, 4) is 0 Å². The SMILES string of the molecule is CCNC(=NCc1ccon1)NC(C)C(C)c1ccccc1. The first-order valence-corrected chi connectivity index (χ1v) is 7.69. The van der Waals surface area contributed by atoms with Crippen LogP contribution >= 0.6 is 0 Å². The average Bonchev–Trinajstić information content (AvgIpc) is 3.06. The van der Waals surface area contributed by atoms with E-state index >= 15 is 0 Å². The topological polar surface area (TPSA) is 62.5 Å². The number of benzene rings is 1. The van der Waals surface area contributed by atoms with Crippen LogP contribution in [0.1, 0.15) is 37.9 Å². The van der Waals surface area contributed by atoms with Gasteiger partial charge in [-0.05, 0) is 19.4 Å². The quantitative estimate of drug-likeness (QED) is 0.636. The Kier molecular flexibility index (Phi) is 6.01. The average molecular weight is 300 g/mol. The number of nitrogens with zero attached hydrogens (tertiary/aromatic N) is 2. The standard InChI is InChI=1S/C17H24N4O/c1-4-18-17(19-12-16-10-11-22-21-16)20-14(3)13(2)15-8-6-5-7-9-15/h5-11,13-14H,4,12H2,1-3H3,(H2,18,19,20). The van der Waals surface area contributed by atoms with Gasteiger partial charge in [0.15, 0.2) is 5.96 Å². The summed E-state index contributed by atoms with van der Waals surface area (Å²) in [5.41, 5.74) is 2.14. The minimum Gasteiger partial charge on any atom is -0.364 e. The molecule has 2 atom stereocenters. The van der Waals surface area contributed by atoms with Gasteiger partial charge < -0.3 is 15.2 Å². The smallest absolute Gasteiger partial charge is 0.191 e. The first kappa shape index (κ1) is 16.1. The van der Waals surface area contributed by atoms with Crippen molar-refractivity contribution in [1.82, 2.24) is 15.8 Å². The molecule has 0 radical (unpaired) electrons. The zero-order valence-electron chi connectivity index (χ0n) is 13.4. The Morgan fingerprint density at radius 1 is 1.23 bits per heavy atom. The lowest BCUT2D eigenvalue weighted by Crippen LogP contribution is -2.44. The second-order valence-electron chi connectivity index (χ2n) is 5.32. The van der Waals surface area contributed by atoms with Crippen molar-refractivity contribution in [2.24, 2.45) is 4.99 Å². The highest BCUT2D eigenvalue weighted by Gasteiger charge is 2.15. The highest BCUT2D eigenvalue weighted by Crippen LogP contribution is 2.18. The van der Waals surface area contributed by atoms with E-state index in [1.54, 1.807) is 6.26 Å². The molecule has 0 fully saturated rings. The molecule has 5 heteroatoms. The summed E-state index contributed by atoms with van der Waals surface area (Å²) in [6.07, 6.45) is 1.56. The summed E-state index contributed by atoms with van der Waals surface area (Å²) in [4.78, 5) is 4.54. The van der Waals surface area contributed by atoms with Gasteiger partial charge in [-0.15, -0.1) is 0 Å². The zero-order chi connectivity index (χ0) is 15.8. The van der Waals surface area contributed by atoms with E-state index in [9.17, 15) is 0 Å². The monoisotopic (exact) mass is 300 g/mol. The van der Waals surface area contributed by atoms with Crippen molar-refractivity contribution < 1.29 is 4.52 Å². The van der Waals surface area contributed by atoms with Gasteiger partial charge in [0.25, 0.3) is 0 Å². The molecular formula is C17H24N4O. The molecule has 2 aromatic rings. The Hall–Kier alpha value is -2.30. The Labute approximate surface area is 131 Å². The first-order chi connectivity index (χ1) is 10.7. The lowest BCUT2D eigenvalue weighted by atomic mass is 9.94. The van der Waals surface area contributed by atoms with E-state index in [2.05, 4.69) is 65.8 Å². The van der Waals surface area contributed by atoms with Crippen molar-refractivity contribution in [2.45, 2.75) is 39.3 Å². The van der Waals surface area contributed by atoms with E-state index in [-0.39, 0.29) is 6.04 Å². The van der Waals surface area contributed by atoms with Gasteiger partial charge in [-0.3, -0.25) is 0 Å². The lowest BCUT2D eigenvalue weighted by molar-refractivity contribution is 0.412. The fourth-order valence-electron chi connectivity index (χ4n) is 2.19. The zero-order valence-corrected chi connectivity index (χ0v) is 13.4. The van der Waals surface area contributed by atoms with Crippen LogP contribution in [0.3, 0.4) is 0 Å². The molecular weight excluding hydrogens is 276 g/mol. The minimum absolute atomic E-state index is 0.262. The van der Waals surface area contributed by atoms with Crippen LogP contribution in [-0.4, -0.2) is 23.7 Å². The Morgan fingerprint density at radius 2 is 2.00 bits per heavy atom. The van der Waals surface area contributed by atoms with Gasteiger partial charge in [0, 0.05) is 24.6 Å². The van der Waals surface area contributed by atoms with Gasteiger partial charge in [-0.1, -0.05) is 42.4 Å². The summed E-state index contributed by atoms with van der Waals surface area (Å²) >= 11 is 0. The summed E-state index contributed by atoms with van der Waals surface area (Å²) < 4.78 is 4.82. The highest BCUT2D eigenvalue weighted by atomic mass is 16.5. The van der Waals surface area contributed by atoms with E-state index in [1.807, 2.05) is 12.1 Å². The molecule has 1 heterocycles. The van der Waals surface area contributed by atoms with Gasteiger partial charge in [-0.25, -0.2) is 4.99 Å². The molecule has 0 aliphatic carbocycles. The van der Waals surface area contributed by atoms with Crippen molar-refractivity contribution in [3.63, 3.8) is 0 Å². The lowest BCUT2D eigenvalue weighted by Gasteiger charge is -2.24. The predicted molar refractivity (Wildman–Crippen MR) is 88.8 cm³/mol. The first-order valence-electron chi connectivity index (χ1n) is 7.69. The van der Waals surface area contributed by atoms with Gasteiger partial charge in [0.05, 0.1) is 6.54 Å². The number of nitrogens with one attached hydrogen (secondary N) is 2. The maximum absolute atomic E-state index is 4.82. The van der Waals surface area contributed by atoms with Crippen LogP contribution in [0.15, 0.2) is 52.2 Å². The third-order valence-corrected chi connectivity index (χ3v) is 3.67. The van der Waals surface area contributed by atoms with Crippen molar-refractivity contribution in [3.05, 3.63) is 53.9 Å². The summed E-state index contributed by atoms with van der Waals surface area (Å²) in [6.45, 7) is 7.75. The molecule has 0 saturated heterocycles. The largest absolute Gasteiger partial charge is 0.364 e. The molecule has 2 N–H and O–H groups in total. The molecule has 0 amide bonds. The molecule has 1 aromatic heterocycles. The molecule has 1 aromatic carbocycles. The second kappa shape index (κ2) is 8.22. The van der Waals surface area contributed by atoms with Crippen LogP contribution in [0.2, 0.25) is 0 Å². The van der Waals surface area contributed by atoms with Crippen molar-refractivity contribution in [1.29, 1.82) is 0 Å². The molecule has 0 spiro atoms. The van der Waals surface area contributed by atoms with E-state index in [0.717, 1.165) is 18.2 Å². The molecule has 0 aliphatic rings. The summed E-state index contributed by atoms with van der Waals surface area (Å²) in [7, 11) is 0. The molecule has 2 unspecified atom stereocenters. The maximum Gasteiger partial charge on any atom is 0.191 e. The van der Waals surface area contributed by atoms with Crippen molar-refractivity contribution >= 4 is 5.96 Å². The van der Waals surface area contributed by atoms with Gasteiger partial charge in [0.2, 0.25) is 0 Å². The number of aromatic nitrogens is 1. The van der Waals surface area contributed by atoms with E-state index in [4.69, 9.17) is 4.52 Å². The molecule has 0 aliphatic heterocycles. The van der Waals surface area contributed by atoms with Crippen LogP contribution in [-0.2, 0) is 6.54 Å². The van der Waals surface area contributed by atoms with E-state index < -0.39 is 0 Å². The Morgan fingerprint density at radius 3 is 2.64 bits per heavy atom. The normalized spacial score (nSPS) is 14.4. The van der Waals surface area contributed by atoms with E-state index in [1.165, 1.54) is 5.56 Å². The minimum atomic E-state index is 0.262. The highest BCUT2D eigenvalue weighted by molar-refractivity contribution is 5.80. The molecule has 5 nitrogen and oxygen atoms in total. The van der Waals surface area contributed by atoms with Crippen LogP contribution in [0.25, 0.3) is 0 Å². The molecule has 0 bridgehead atoms. The van der Waals surface area contributed by atoms with Crippen LogP contribution < -0.4 is 10.6 Å². The molecule has 0 saturated carbocycles. The summed E-state index contributed by atoms with van der Waals surface area (Å²) in [5, 5.41) is 10.6. The van der Waals surface area contributed by atoms with Crippen LogP contribution in [0.4, 0.5) is 0 Å². The third kappa shape index (κ3) is 4.62. The summed E-state index contributed by atoms with van der Waals surface area (Å²) in [6, 6.07) is 12.6. The number of hydrogen-bond donors (Lipinski definition) is 2. The summed E-state index contributed by atoms with van der Waals surface area (Å²) in [5.74, 6) is 1.18. The number of rotatable bonds is 6. The molecule has 118 valence electrons. The number of hydrogen-bond acceptors (Lipinski definition) is 3. The van der Waals surface area contributed by atoms with Gasteiger partial charge in [0.1, 0.15) is 12.0 Å². The number of aliphatic imine (C=N–C) groups is 1. The van der Waals surface area contributed by atoms with Gasteiger partial charge in [-0.2, -0.15) is 0 Å². The van der Waals surface area contributed by atoms with Crippen molar-refractivity contribution in [2.75, 3.05) is 6.54 Å². The van der Waals surface area contributed by atoms with E-state index in [0.29, 0.717) is 12.5 Å². The maximum atomic E-state index is 4.82. The fourth-order valence-corrected chi connectivity index (χ4v) is 2.19. The number of guanidine groups is 1. The molecule has 22 heavy (non-hydrogen) atoms. The second-order valence-corrected chi connectivity index (χ2v) is 5.32. The third-order valence-electron chi connectivity index (χ3n) is 3.67. The van der Waals surface area contributed by atoms with Crippen LogP contribution in [0.5, 0.6) is 0 Å². The predicted octanol–water partition coefficient (Wildman–Crippen LogP) is 2.92. The van der Waals surface area contributed by atoms with Gasteiger partial charge >= 0.3 is 0 Å². The molecule has 2 rings (SSSR count). The Balaban J connectivity index is 1.98. The fraction of sp³-hybridized carbons (Fsp3) is 0.412. The van der Waals surface area contributed by atoms with Crippen LogP contribution in [0, 0.1) is 0 Å².